The second-order valence-corrected chi connectivity index (χ2v) is 11.7. The van der Waals surface area contributed by atoms with Gasteiger partial charge in [-0.15, -0.1) is 0 Å². The van der Waals surface area contributed by atoms with Crippen LogP contribution in [0, 0.1) is 12.8 Å². The summed E-state index contributed by atoms with van der Waals surface area (Å²) < 4.78 is 5.38. The van der Waals surface area contributed by atoms with Gasteiger partial charge in [-0.05, 0) is 96.3 Å². The number of oxime groups is 1. The van der Waals surface area contributed by atoms with E-state index in [0.717, 1.165) is 59.6 Å². The number of ketones is 1. The van der Waals surface area contributed by atoms with Crippen molar-refractivity contribution >= 4 is 17.5 Å². The van der Waals surface area contributed by atoms with Gasteiger partial charge in [0.1, 0.15) is 0 Å². The number of hydrogen-bond donors (Lipinski definition) is 0. The second-order valence-electron chi connectivity index (χ2n) is 11.7. The zero-order chi connectivity index (χ0) is 29.1. The van der Waals surface area contributed by atoms with Crippen LogP contribution in [0.25, 0.3) is 11.1 Å². The normalized spacial score (nSPS) is 16.3. The Kier molecular flexibility index (Phi) is 8.18. The molecule has 1 fully saturated rings. The lowest BCUT2D eigenvalue weighted by atomic mass is 9.92. The number of carbonyl (C=O) groups excluding carboxylic acids is 2. The highest BCUT2D eigenvalue weighted by Crippen LogP contribution is 2.47. The Balaban J connectivity index is 1.32. The second kappa shape index (κ2) is 12.3. The van der Waals surface area contributed by atoms with E-state index in [2.05, 4.69) is 36.3 Å². The number of aryl methyl sites for hydroxylation is 1. The molecule has 0 aliphatic heterocycles. The molecule has 0 N–H and O–H groups in total. The van der Waals surface area contributed by atoms with Gasteiger partial charge in [0.15, 0.2) is 5.76 Å². The Morgan fingerprint density at radius 3 is 2.21 bits per heavy atom. The van der Waals surface area contributed by atoms with Crippen molar-refractivity contribution in [2.24, 2.45) is 11.1 Å². The molecule has 4 aromatic rings. The highest BCUT2D eigenvalue weighted by Gasteiger charge is 2.29. The third-order valence-corrected chi connectivity index (χ3v) is 8.92. The van der Waals surface area contributed by atoms with E-state index < -0.39 is 5.97 Å². The van der Waals surface area contributed by atoms with Crippen molar-refractivity contribution in [3.05, 3.63) is 118 Å². The van der Waals surface area contributed by atoms with Gasteiger partial charge in [0.2, 0.25) is 5.78 Å². The number of rotatable bonds is 10. The maximum atomic E-state index is 13.1. The molecule has 3 aromatic carbocycles. The fraction of sp³-hybridized carbons (Fsp3) is 0.324. The first-order valence-electron chi connectivity index (χ1n) is 15.2. The molecule has 1 atom stereocenters. The first-order valence-corrected chi connectivity index (χ1v) is 15.2. The molecule has 0 bridgehead atoms. The van der Waals surface area contributed by atoms with Gasteiger partial charge in [-0.25, -0.2) is 4.79 Å². The number of nitrogens with zero attached hydrogens (tertiary/aromatic N) is 1. The molecule has 5 nitrogen and oxygen atoms in total. The van der Waals surface area contributed by atoms with Gasteiger partial charge < -0.3 is 9.25 Å². The summed E-state index contributed by atoms with van der Waals surface area (Å²) in [6.07, 6.45) is 10.6. The highest BCUT2D eigenvalue weighted by atomic mass is 16.7. The number of fused-ring (bicyclic) bond motifs is 3. The zero-order valence-corrected chi connectivity index (χ0v) is 24.4. The summed E-state index contributed by atoms with van der Waals surface area (Å²) in [6.45, 7) is 4.18. The molecule has 1 aromatic heterocycles. The minimum Gasteiger partial charge on any atom is -0.461 e. The Bertz CT molecular complexity index is 1610. The average Bonchev–Trinajstić information content (AvgIpc) is 3.79. The van der Waals surface area contributed by atoms with Gasteiger partial charge in [-0.3, -0.25) is 4.79 Å². The van der Waals surface area contributed by atoms with Crippen molar-refractivity contribution in [2.45, 2.75) is 71.1 Å². The van der Waals surface area contributed by atoms with Crippen LogP contribution in [-0.2, 0) is 4.84 Å². The van der Waals surface area contributed by atoms with E-state index in [1.165, 1.54) is 43.1 Å². The van der Waals surface area contributed by atoms with Gasteiger partial charge in [0.25, 0.3) is 0 Å². The predicted octanol–water partition coefficient (Wildman–Crippen LogP) is 9.26. The topological polar surface area (TPSA) is 68.9 Å². The van der Waals surface area contributed by atoms with Crippen molar-refractivity contribution in [3.8, 4) is 11.1 Å². The predicted molar refractivity (Wildman–Crippen MR) is 165 cm³/mol. The number of benzene rings is 3. The van der Waals surface area contributed by atoms with Crippen LogP contribution in [0.1, 0.15) is 113 Å². The Morgan fingerprint density at radius 1 is 0.881 bits per heavy atom. The van der Waals surface area contributed by atoms with E-state index in [1.807, 2.05) is 31.2 Å². The molecule has 1 heterocycles. The summed E-state index contributed by atoms with van der Waals surface area (Å²) in [6, 6.07) is 23.2. The molecule has 6 rings (SSSR count). The molecular weight excluding hydrogens is 522 g/mol. The Morgan fingerprint density at radius 2 is 1.55 bits per heavy atom. The first-order chi connectivity index (χ1) is 20.5. The van der Waals surface area contributed by atoms with Gasteiger partial charge in [0, 0.05) is 11.5 Å². The lowest BCUT2D eigenvalue weighted by Gasteiger charge is -2.13. The van der Waals surface area contributed by atoms with Crippen LogP contribution >= 0.6 is 0 Å². The number of carbonyl (C=O) groups is 2. The summed E-state index contributed by atoms with van der Waals surface area (Å²) in [5.41, 5.74) is 8.55. The van der Waals surface area contributed by atoms with E-state index >= 15 is 0 Å². The third kappa shape index (κ3) is 5.74. The molecule has 0 spiro atoms. The van der Waals surface area contributed by atoms with Gasteiger partial charge in [-0.1, -0.05) is 86.1 Å². The number of furan rings is 1. The molecule has 2 aliphatic carbocycles. The van der Waals surface area contributed by atoms with Crippen LogP contribution in [0.2, 0.25) is 0 Å². The fourth-order valence-electron chi connectivity index (χ4n) is 6.60. The third-order valence-electron chi connectivity index (χ3n) is 8.92. The van der Waals surface area contributed by atoms with Gasteiger partial charge in [0.05, 0.1) is 17.5 Å². The maximum absolute atomic E-state index is 13.1. The maximum Gasteiger partial charge on any atom is 0.365 e. The minimum absolute atomic E-state index is 0.127. The lowest BCUT2D eigenvalue weighted by Crippen LogP contribution is -2.08. The molecular formula is C37H37NO4. The van der Waals surface area contributed by atoms with E-state index in [-0.39, 0.29) is 11.7 Å². The van der Waals surface area contributed by atoms with Crippen molar-refractivity contribution in [2.75, 3.05) is 0 Å². The van der Waals surface area contributed by atoms with Crippen molar-refractivity contribution < 1.29 is 18.8 Å². The molecule has 1 unspecified atom stereocenters. The van der Waals surface area contributed by atoms with Crippen LogP contribution in [-0.4, -0.2) is 17.5 Å². The summed E-state index contributed by atoms with van der Waals surface area (Å²) >= 11 is 0. The van der Waals surface area contributed by atoms with E-state index in [1.54, 1.807) is 24.3 Å². The van der Waals surface area contributed by atoms with Crippen LogP contribution < -0.4 is 0 Å². The monoisotopic (exact) mass is 559 g/mol. The van der Waals surface area contributed by atoms with Crippen molar-refractivity contribution in [3.63, 3.8) is 0 Å². The van der Waals surface area contributed by atoms with E-state index in [9.17, 15) is 9.59 Å². The molecule has 2 aliphatic rings. The molecule has 42 heavy (non-hydrogen) atoms. The smallest absolute Gasteiger partial charge is 0.365 e. The van der Waals surface area contributed by atoms with Gasteiger partial charge >= 0.3 is 5.97 Å². The van der Waals surface area contributed by atoms with Crippen LogP contribution in [0.3, 0.4) is 0 Å². The van der Waals surface area contributed by atoms with E-state index in [4.69, 9.17) is 9.25 Å². The first kappa shape index (κ1) is 27.9. The molecule has 0 radical (unpaired) electrons. The quantitative estimate of drug-likeness (QED) is 0.0840. The Hall–Kier alpha value is -4.25. The van der Waals surface area contributed by atoms with Crippen LogP contribution in [0.15, 0.2) is 88.6 Å². The molecule has 1 saturated carbocycles. The molecule has 214 valence electrons. The summed E-state index contributed by atoms with van der Waals surface area (Å²) in [7, 11) is 0. The van der Waals surface area contributed by atoms with Crippen LogP contribution in [0.5, 0.6) is 0 Å². The van der Waals surface area contributed by atoms with E-state index in [0.29, 0.717) is 16.9 Å². The summed E-state index contributed by atoms with van der Waals surface area (Å²) in [5, 5.41) is 4.46. The standard InChI is InChI=1S/C37H37NO4/c1-3-29-30-19-17-27(22-32(30)33-23-28(18-20-31(29)33)36(39)35-12-7-21-41-35)34(11-6-10-25-8-4-5-9-25)38-42-37(40)26-15-13-24(2)14-16-26/h7,12-23,25,29H,3-6,8-11H2,1-2H3. The highest BCUT2D eigenvalue weighted by molar-refractivity contribution is 6.08. The summed E-state index contributed by atoms with van der Waals surface area (Å²) in [4.78, 5) is 31.5. The van der Waals surface area contributed by atoms with Crippen molar-refractivity contribution in [1.82, 2.24) is 0 Å². The zero-order valence-electron chi connectivity index (χ0n) is 24.4. The molecule has 0 saturated heterocycles. The van der Waals surface area contributed by atoms with Crippen molar-refractivity contribution in [1.29, 1.82) is 0 Å². The molecule has 0 amide bonds. The lowest BCUT2D eigenvalue weighted by molar-refractivity contribution is 0.0515. The average molecular weight is 560 g/mol. The largest absolute Gasteiger partial charge is 0.461 e. The minimum atomic E-state index is -0.457. The fourth-order valence-corrected chi connectivity index (χ4v) is 6.60. The van der Waals surface area contributed by atoms with Gasteiger partial charge in [-0.2, -0.15) is 0 Å². The van der Waals surface area contributed by atoms with Crippen LogP contribution in [0.4, 0.5) is 0 Å². The molecule has 5 heteroatoms. The Labute approximate surface area is 247 Å². The SMILES string of the molecule is CCC1c2ccc(C(=O)c3ccco3)cc2-c2cc(C(CCCC3CCCC3)=NOC(=O)c3ccc(C)cc3)ccc21. The summed E-state index contributed by atoms with van der Waals surface area (Å²) in [5.74, 6) is 0.795. The number of hydrogen-bond acceptors (Lipinski definition) is 5.